The maximum Gasteiger partial charge on any atom is 0.274 e. The molecule has 6 heteroatoms. The zero-order valence-corrected chi connectivity index (χ0v) is 9.47. The molecule has 2 heterocycles. The minimum absolute atomic E-state index is 0.166. The minimum Gasteiger partial charge on any atom is -0.340 e. The lowest BCUT2D eigenvalue weighted by molar-refractivity contribution is 0.101. The van der Waals surface area contributed by atoms with E-state index in [0.29, 0.717) is 23.5 Å². The number of carbonyl (C=O) groups is 1. The first kappa shape index (κ1) is 10.1. The molecule has 0 aliphatic heterocycles. The first-order chi connectivity index (χ1) is 8.24. The predicted molar refractivity (Wildman–Crippen MR) is 61.8 cm³/mol. The number of nitrogens with zero attached hydrogens (tertiary/aromatic N) is 3. The van der Waals surface area contributed by atoms with Crippen molar-refractivity contribution in [3.8, 4) is 0 Å². The van der Waals surface area contributed by atoms with Crippen molar-refractivity contribution in [2.75, 3.05) is 5.32 Å². The Labute approximate surface area is 98.1 Å². The van der Waals surface area contributed by atoms with Crippen molar-refractivity contribution in [1.82, 2.24) is 19.7 Å². The first-order valence-corrected chi connectivity index (χ1v) is 5.61. The van der Waals surface area contributed by atoms with Crippen LogP contribution in [0.2, 0.25) is 0 Å². The van der Waals surface area contributed by atoms with Crippen molar-refractivity contribution < 1.29 is 4.79 Å². The minimum atomic E-state index is -0.166. The zero-order chi connectivity index (χ0) is 11.8. The normalized spacial score (nSPS) is 14.9. The Kier molecular flexibility index (Phi) is 2.21. The van der Waals surface area contributed by atoms with E-state index in [1.54, 1.807) is 6.92 Å². The summed E-state index contributed by atoms with van der Waals surface area (Å²) >= 11 is 0. The molecule has 0 saturated heterocycles. The third-order valence-corrected chi connectivity index (χ3v) is 2.77. The van der Waals surface area contributed by atoms with Gasteiger partial charge in [-0.2, -0.15) is 4.98 Å². The van der Waals surface area contributed by atoms with Crippen molar-refractivity contribution >= 4 is 11.9 Å². The lowest BCUT2D eigenvalue weighted by Gasteiger charge is -2.06. The van der Waals surface area contributed by atoms with Gasteiger partial charge in [0.05, 0.1) is 0 Å². The summed E-state index contributed by atoms with van der Waals surface area (Å²) < 4.78 is 2.01. The van der Waals surface area contributed by atoms with Crippen LogP contribution in [0.4, 0.5) is 5.95 Å². The predicted octanol–water partition coefficient (Wildman–Crippen LogP) is 1.50. The van der Waals surface area contributed by atoms with Crippen LogP contribution in [0, 0.1) is 6.92 Å². The molecule has 1 aliphatic carbocycles. The van der Waals surface area contributed by atoms with E-state index < -0.39 is 0 Å². The van der Waals surface area contributed by atoms with E-state index >= 15 is 0 Å². The van der Waals surface area contributed by atoms with Gasteiger partial charge in [-0.3, -0.25) is 15.2 Å². The highest BCUT2D eigenvalue weighted by molar-refractivity contribution is 6.02. The molecule has 1 amide bonds. The number of rotatable bonds is 3. The van der Waals surface area contributed by atoms with Crippen LogP contribution in [0.25, 0.3) is 0 Å². The van der Waals surface area contributed by atoms with Crippen LogP contribution in [0.15, 0.2) is 18.3 Å². The van der Waals surface area contributed by atoms with Gasteiger partial charge in [-0.15, -0.1) is 5.10 Å². The number of aryl methyl sites for hydroxylation is 1. The van der Waals surface area contributed by atoms with E-state index in [1.165, 1.54) is 0 Å². The molecule has 2 N–H and O–H groups in total. The summed E-state index contributed by atoms with van der Waals surface area (Å²) in [6.07, 6.45) is 4.24. The third-order valence-electron chi connectivity index (χ3n) is 2.77. The molecule has 0 spiro atoms. The summed E-state index contributed by atoms with van der Waals surface area (Å²) in [6, 6.07) is 4.18. The molecule has 1 saturated carbocycles. The van der Waals surface area contributed by atoms with Gasteiger partial charge in [-0.1, -0.05) is 0 Å². The quantitative estimate of drug-likeness (QED) is 0.840. The Balaban J connectivity index is 1.79. The molecule has 0 radical (unpaired) electrons. The molecule has 1 aliphatic rings. The summed E-state index contributed by atoms with van der Waals surface area (Å²) in [7, 11) is 0. The first-order valence-electron chi connectivity index (χ1n) is 5.61. The molecular formula is C11H13N5O. The molecule has 6 nitrogen and oxygen atoms in total. The number of nitrogens with one attached hydrogen (secondary N) is 2. The fourth-order valence-electron chi connectivity index (χ4n) is 1.82. The highest BCUT2D eigenvalue weighted by atomic mass is 16.2. The molecule has 0 unspecified atom stereocenters. The molecule has 88 valence electrons. The number of hydrogen-bond acceptors (Lipinski definition) is 3. The van der Waals surface area contributed by atoms with Crippen molar-refractivity contribution in [2.24, 2.45) is 0 Å². The van der Waals surface area contributed by atoms with Gasteiger partial charge in [-0.05, 0) is 31.9 Å². The van der Waals surface area contributed by atoms with Crippen LogP contribution in [-0.2, 0) is 0 Å². The van der Waals surface area contributed by atoms with E-state index in [2.05, 4.69) is 20.5 Å². The lowest BCUT2D eigenvalue weighted by Crippen LogP contribution is -2.17. The van der Waals surface area contributed by atoms with Crippen molar-refractivity contribution in [2.45, 2.75) is 25.8 Å². The summed E-state index contributed by atoms with van der Waals surface area (Å²) in [5.41, 5.74) is 0.662. The topological polar surface area (TPSA) is 75.6 Å². The summed E-state index contributed by atoms with van der Waals surface area (Å²) in [6.45, 7) is 1.79. The van der Waals surface area contributed by atoms with Gasteiger partial charge >= 0.3 is 0 Å². The molecule has 0 aromatic carbocycles. The molecule has 17 heavy (non-hydrogen) atoms. The van der Waals surface area contributed by atoms with Gasteiger partial charge in [0.25, 0.3) is 5.91 Å². The molecule has 2 aromatic heterocycles. The van der Waals surface area contributed by atoms with Crippen LogP contribution >= 0.6 is 0 Å². The summed E-state index contributed by atoms with van der Waals surface area (Å²) in [4.78, 5) is 16.1. The molecule has 0 atom stereocenters. The Morgan fingerprint density at radius 1 is 1.59 bits per heavy atom. The van der Waals surface area contributed by atoms with Crippen molar-refractivity contribution in [3.63, 3.8) is 0 Å². The second kappa shape index (κ2) is 3.73. The monoisotopic (exact) mass is 231 g/mol. The number of H-pyrrole nitrogens is 1. The van der Waals surface area contributed by atoms with Crippen molar-refractivity contribution in [1.29, 1.82) is 0 Å². The average Bonchev–Trinajstić information content (AvgIpc) is 2.88. The van der Waals surface area contributed by atoms with Gasteiger partial charge in [0.15, 0.2) is 0 Å². The average molecular weight is 231 g/mol. The molecule has 2 aromatic rings. The van der Waals surface area contributed by atoms with E-state index in [1.807, 2.05) is 22.9 Å². The third kappa shape index (κ3) is 1.93. The fourth-order valence-corrected chi connectivity index (χ4v) is 1.82. The Hall–Kier alpha value is -2.11. The van der Waals surface area contributed by atoms with Crippen LogP contribution in [0.5, 0.6) is 0 Å². The fraction of sp³-hybridized carbons (Fsp3) is 0.364. The molecule has 0 bridgehead atoms. The lowest BCUT2D eigenvalue weighted by atomic mass is 10.4. The molecule has 3 rings (SSSR count). The zero-order valence-electron chi connectivity index (χ0n) is 9.47. The number of anilines is 1. The standard InChI is InChI=1S/C11H13N5O/c1-7-12-11(15-14-7)13-10(17)9-3-2-6-16(9)8-4-5-8/h2-3,6,8H,4-5H2,1H3,(H2,12,13,14,15,17). The van der Waals surface area contributed by atoms with E-state index in [-0.39, 0.29) is 5.91 Å². The largest absolute Gasteiger partial charge is 0.340 e. The van der Waals surface area contributed by atoms with Gasteiger partial charge in [0, 0.05) is 12.2 Å². The SMILES string of the molecule is Cc1nc(NC(=O)c2cccn2C2CC2)n[nH]1. The second-order valence-electron chi connectivity index (χ2n) is 4.23. The Bertz CT molecular complexity index is 552. The molecular weight excluding hydrogens is 218 g/mol. The molecule has 1 fully saturated rings. The van der Waals surface area contributed by atoms with Gasteiger partial charge in [0.2, 0.25) is 5.95 Å². The van der Waals surface area contributed by atoms with Gasteiger partial charge < -0.3 is 4.57 Å². The van der Waals surface area contributed by atoms with Gasteiger partial charge in [-0.25, -0.2) is 0 Å². The van der Waals surface area contributed by atoms with E-state index in [4.69, 9.17) is 0 Å². The van der Waals surface area contributed by atoms with Gasteiger partial charge in [0.1, 0.15) is 11.5 Å². The number of carbonyl (C=O) groups excluding carboxylic acids is 1. The van der Waals surface area contributed by atoms with Crippen LogP contribution < -0.4 is 5.32 Å². The van der Waals surface area contributed by atoms with E-state index in [9.17, 15) is 4.79 Å². The summed E-state index contributed by atoms with van der Waals surface area (Å²) in [5, 5.41) is 9.24. The summed E-state index contributed by atoms with van der Waals surface area (Å²) in [5.74, 6) is 0.829. The highest BCUT2D eigenvalue weighted by Crippen LogP contribution is 2.36. The second-order valence-corrected chi connectivity index (χ2v) is 4.23. The number of hydrogen-bond donors (Lipinski definition) is 2. The maximum absolute atomic E-state index is 12.0. The van der Waals surface area contributed by atoms with Crippen LogP contribution in [-0.4, -0.2) is 25.7 Å². The van der Waals surface area contributed by atoms with Crippen molar-refractivity contribution in [3.05, 3.63) is 29.8 Å². The van der Waals surface area contributed by atoms with E-state index in [0.717, 1.165) is 12.8 Å². The van der Waals surface area contributed by atoms with Crippen LogP contribution in [0.1, 0.15) is 35.2 Å². The number of aromatic nitrogens is 4. The number of amides is 1. The van der Waals surface area contributed by atoms with Crippen LogP contribution in [0.3, 0.4) is 0 Å². The maximum atomic E-state index is 12.0. The Morgan fingerprint density at radius 3 is 3.06 bits per heavy atom. The smallest absolute Gasteiger partial charge is 0.274 e. The number of aromatic amines is 1. The Morgan fingerprint density at radius 2 is 2.41 bits per heavy atom. The highest BCUT2D eigenvalue weighted by Gasteiger charge is 2.26.